The number of carbonyl (C=O) groups is 1. The van der Waals surface area contributed by atoms with E-state index in [1.54, 1.807) is 18.6 Å². The number of thioether (sulfide) groups is 1. The molecule has 0 fully saturated rings. The number of ether oxygens (including phenoxy) is 1. The van der Waals surface area contributed by atoms with Gasteiger partial charge in [-0.1, -0.05) is 11.8 Å². The van der Waals surface area contributed by atoms with Crippen molar-refractivity contribution >= 4 is 17.7 Å². The zero-order valence-corrected chi connectivity index (χ0v) is 13.5. The Hall–Kier alpha value is -1.34. The van der Waals surface area contributed by atoms with Crippen LogP contribution in [0.2, 0.25) is 0 Å². The first-order valence-electron chi connectivity index (χ1n) is 7.02. The third-order valence-electron chi connectivity index (χ3n) is 3.59. The lowest BCUT2D eigenvalue weighted by atomic mass is 10.2. The minimum absolute atomic E-state index is 0.0281. The molecule has 0 spiro atoms. The Morgan fingerprint density at radius 1 is 1.52 bits per heavy atom. The summed E-state index contributed by atoms with van der Waals surface area (Å²) in [7, 11) is 1.64. The molecule has 2 heterocycles. The molecule has 1 unspecified atom stereocenters. The standard InChI is InChI=1S/C14H21N3O3S/c1-9-10(2)16-14-17(13(9)19)11(8-21-14)7-12(18)15-5-4-6-20-3/h11H,4-8H2,1-3H3,(H,15,18). The van der Waals surface area contributed by atoms with Crippen molar-refractivity contribution in [2.75, 3.05) is 26.0 Å². The van der Waals surface area contributed by atoms with Crippen LogP contribution < -0.4 is 10.9 Å². The lowest BCUT2D eigenvalue weighted by Crippen LogP contribution is -2.32. The maximum absolute atomic E-state index is 12.3. The van der Waals surface area contributed by atoms with E-state index in [1.807, 2.05) is 6.92 Å². The van der Waals surface area contributed by atoms with E-state index < -0.39 is 0 Å². The molecule has 0 aliphatic carbocycles. The van der Waals surface area contributed by atoms with Gasteiger partial charge < -0.3 is 10.1 Å². The van der Waals surface area contributed by atoms with E-state index in [0.717, 1.165) is 23.0 Å². The number of hydrogen-bond acceptors (Lipinski definition) is 5. The summed E-state index contributed by atoms with van der Waals surface area (Å²) in [5.74, 6) is 0.686. The number of aryl methyl sites for hydroxylation is 1. The van der Waals surface area contributed by atoms with Crippen molar-refractivity contribution in [2.24, 2.45) is 0 Å². The van der Waals surface area contributed by atoms with Crippen LogP contribution in [0, 0.1) is 13.8 Å². The number of aromatic nitrogens is 2. The van der Waals surface area contributed by atoms with E-state index in [9.17, 15) is 9.59 Å². The topological polar surface area (TPSA) is 73.2 Å². The molecule has 0 saturated heterocycles. The number of hydrogen-bond donors (Lipinski definition) is 1. The number of rotatable bonds is 6. The maximum atomic E-state index is 12.3. The lowest BCUT2D eigenvalue weighted by Gasteiger charge is -2.14. The fourth-order valence-electron chi connectivity index (χ4n) is 2.25. The summed E-state index contributed by atoms with van der Waals surface area (Å²) in [5, 5.41) is 3.58. The summed E-state index contributed by atoms with van der Waals surface area (Å²) in [5.41, 5.74) is 1.40. The third-order valence-corrected chi connectivity index (χ3v) is 4.69. The zero-order valence-electron chi connectivity index (χ0n) is 12.6. The lowest BCUT2D eigenvalue weighted by molar-refractivity contribution is -0.121. The molecular weight excluding hydrogens is 290 g/mol. The molecule has 6 nitrogen and oxygen atoms in total. The second-order valence-electron chi connectivity index (χ2n) is 5.15. The van der Waals surface area contributed by atoms with Gasteiger partial charge in [0.2, 0.25) is 5.91 Å². The average molecular weight is 311 g/mol. The van der Waals surface area contributed by atoms with Gasteiger partial charge in [0.05, 0.1) is 6.04 Å². The van der Waals surface area contributed by atoms with Gasteiger partial charge in [-0.25, -0.2) is 4.98 Å². The first kappa shape index (κ1) is 16.0. The van der Waals surface area contributed by atoms with Crippen molar-refractivity contribution in [1.82, 2.24) is 14.9 Å². The predicted octanol–water partition coefficient (Wildman–Crippen LogP) is 1.05. The summed E-state index contributed by atoms with van der Waals surface area (Å²) < 4.78 is 6.60. The molecule has 7 heteroatoms. The molecule has 2 rings (SSSR count). The minimum Gasteiger partial charge on any atom is -0.385 e. The Bertz CT molecular complexity index is 586. The second kappa shape index (κ2) is 7.09. The summed E-state index contributed by atoms with van der Waals surface area (Å²) in [4.78, 5) is 28.7. The molecular formula is C14H21N3O3S. The fourth-order valence-corrected chi connectivity index (χ4v) is 3.43. The van der Waals surface area contributed by atoms with E-state index in [4.69, 9.17) is 4.74 Å². The van der Waals surface area contributed by atoms with Crippen LogP contribution in [-0.2, 0) is 9.53 Å². The Morgan fingerprint density at radius 2 is 2.29 bits per heavy atom. The Kier molecular flexibility index (Phi) is 5.41. The monoisotopic (exact) mass is 311 g/mol. The van der Waals surface area contributed by atoms with Crippen molar-refractivity contribution in [1.29, 1.82) is 0 Å². The highest BCUT2D eigenvalue weighted by Gasteiger charge is 2.28. The van der Waals surface area contributed by atoms with Gasteiger partial charge in [0, 0.05) is 43.7 Å². The van der Waals surface area contributed by atoms with Crippen LogP contribution in [-0.4, -0.2) is 41.5 Å². The van der Waals surface area contributed by atoms with Crippen LogP contribution in [0.3, 0.4) is 0 Å². The highest BCUT2D eigenvalue weighted by Crippen LogP contribution is 2.32. The molecule has 0 aromatic carbocycles. The van der Waals surface area contributed by atoms with Gasteiger partial charge in [-0.2, -0.15) is 0 Å². The Morgan fingerprint density at radius 3 is 3.00 bits per heavy atom. The molecule has 0 radical (unpaired) electrons. The molecule has 0 saturated carbocycles. The van der Waals surface area contributed by atoms with Crippen LogP contribution in [0.15, 0.2) is 9.95 Å². The molecule has 1 atom stereocenters. The molecule has 1 aliphatic heterocycles. The first-order chi connectivity index (χ1) is 10.0. The molecule has 116 valence electrons. The van der Waals surface area contributed by atoms with Crippen LogP contribution in [0.1, 0.15) is 30.1 Å². The summed E-state index contributed by atoms with van der Waals surface area (Å²) in [6.07, 6.45) is 1.11. The summed E-state index contributed by atoms with van der Waals surface area (Å²) in [6.45, 7) is 4.85. The molecule has 1 aromatic heterocycles. The van der Waals surface area contributed by atoms with Crippen LogP contribution in [0.4, 0.5) is 0 Å². The molecule has 1 aromatic rings. The quantitative estimate of drug-likeness (QED) is 0.628. The van der Waals surface area contributed by atoms with Gasteiger partial charge in [-0.3, -0.25) is 14.2 Å². The van der Waals surface area contributed by atoms with Crippen molar-refractivity contribution in [2.45, 2.75) is 37.9 Å². The number of fused-ring (bicyclic) bond motifs is 1. The molecule has 1 amide bonds. The van der Waals surface area contributed by atoms with Gasteiger partial charge in [0.1, 0.15) is 0 Å². The third kappa shape index (κ3) is 3.65. The minimum atomic E-state index is -0.105. The van der Waals surface area contributed by atoms with Gasteiger partial charge in [0.15, 0.2) is 5.16 Å². The number of nitrogens with one attached hydrogen (secondary N) is 1. The number of nitrogens with zero attached hydrogens (tertiary/aromatic N) is 2. The van der Waals surface area contributed by atoms with Crippen molar-refractivity contribution in [3.63, 3.8) is 0 Å². The first-order valence-corrected chi connectivity index (χ1v) is 8.01. The summed E-state index contributed by atoms with van der Waals surface area (Å²) >= 11 is 1.54. The predicted molar refractivity (Wildman–Crippen MR) is 81.9 cm³/mol. The number of carbonyl (C=O) groups excluding carboxylic acids is 1. The van der Waals surface area contributed by atoms with Crippen LogP contribution >= 0.6 is 11.8 Å². The second-order valence-corrected chi connectivity index (χ2v) is 6.13. The highest BCUT2D eigenvalue weighted by atomic mass is 32.2. The highest BCUT2D eigenvalue weighted by molar-refractivity contribution is 7.99. The van der Waals surface area contributed by atoms with E-state index in [-0.39, 0.29) is 17.5 Å². The van der Waals surface area contributed by atoms with E-state index in [1.165, 1.54) is 11.8 Å². The molecule has 21 heavy (non-hydrogen) atoms. The van der Waals surface area contributed by atoms with Crippen molar-refractivity contribution in [3.05, 3.63) is 21.6 Å². The number of methoxy groups -OCH3 is 1. The van der Waals surface area contributed by atoms with E-state index in [0.29, 0.717) is 25.1 Å². The van der Waals surface area contributed by atoms with Crippen molar-refractivity contribution < 1.29 is 9.53 Å². The number of amides is 1. The molecule has 1 aliphatic rings. The maximum Gasteiger partial charge on any atom is 0.257 e. The van der Waals surface area contributed by atoms with Crippen LogP contribution in [0.25, 0.3) is 0 Å². The van der Waals surface area contributed by atoms with E-state index in [2.05, 4.69) is 10.3 Å². The Labute approximate surface area is 128 Å². The largest absolute Gasteiger partial charge is 0.385 e. The fraction of sp³-hybridized carbons (Fsp3) is 0.643. The van der Waals surface area contributed by atoms with E-state index >= 15 is 0 Å². The van der Waals surface area contributed by atoms with Gasteiger partial charge in [-0.05, 0) is 20.3 Å². The SMILES string of the molecule is COCCCNC(=O)CC1CSc2nc(C)c(C)c(=O)n21. The van der Waals surface area contributed by atoms with Crippen molar-refractivity contribution in [3.8, 4) is 0 Å². The Balaban J connectivity index is 2.01. The molecule has 1 N–H and O–H groups in total. The van der Waals surface area contributed by atoms with Gasteiger partial charge >= 0.3 is 0 Å². The van der Waals surface area contributed by atoms with Gasteiger partial charge in [-0.15, -0.1) is 0 Å². The molecule has 0 bridgehead atoms. The zero-order chi connectivity index (χ0) is 15.4. The smallest absolute Gasteiger partial charge is 0.257 e. The normalized spacial score (nSPS) is 16.8. The van der Waals surface area contributed by atoms with Crippen LogP contribution in [0.5, 0.6) is 0 Å². The summed E-state index contributed by atoms with van der Waals surface area (Å²) in [6, 6.07) is -0.105. The van der Waals surface area contributed by atoms with Gasteiger partial charge in [0.25, 0.3) is 5.56 Å². The average Bonchev–Trinajstić information content (AvgIpc) is 2.84.